The van der Waals surface area contributed by atoms with Crippen molar-refractivity contribution in [2.45, 2.75) is 13.8 Å². The van der Waals surface area contributed by atoms with Crippen LogP contribution in [-0.4, -0.2) is 17.5 Å². The number of ether oxygens (including phenoxy) is 1. The smallest absolute Gasteiger partial charge is 0.291 e. The fraction of sp³-hybridized carbons (Fsp3) is 0.250. The van der Waals surface area contributed by atoms with Crippen molar-refractivity contribution < 1.29 is 9.31 Å². The van der Waals surface area contributed by atoms with E-state index in [1.807, 2.05) is 48.9 Å². The number of benzene rings is 1. The Morgan fingerprint density at radius 3 is 2.43 bits per heavy atom. The van der Waals surface area contributed by atoms with E-state index in [1.165, 1.54) is 0 Å². The van der Waals surface area contributed by atoms with Crippen LogP contribution >= 0.6 is 0 Å². The van der Waals surface area contributed by atoms with E-state index in [-0.39, 0.29) is 0 Å². The van der Waals surface area contributed by atoms with Crippen molar-refractivity contribution in [3.63, 3.8) is 0 Å². The van der Waals surface area contributed by atoms with Gasteiger partial charge in [-0.3, -0.25) is 0 Å². The summed E-state index contributed by atoms with van der Waals surface area (Å²) in [7, 11) is 0. The molecule has 0 aliphatic carbocycles. The van der Waals surface area contributed by atoms with Crippen molar-refractivity contribution in [3.8, 4) is 0 Å². The Hall–Kier alpha value is -1.57. The molecule has 0 unspecified atom stereocenters. The first-order chi connectivity index (χ1) is 6.97. The topological polar surface area (TPSA) is 12.2 Å². The third-order valence-corrected chi connectivity index (χ3v) is 1.74. The number of allylic oxidation sites excluding steroid dienone is 1. The Bertz CT molecular complexity index is 314. The molecule has 1 heterocycles. The average molecular weight is 190 g/mol. The highest BCUT2D eigenvalue weighted by molar-refractivity contribution is 5.67. The molecule has 1 aliphatic heterocycles. The van der Waals surface area contributed by atoms with Gasteiger partial charge >= 0.3 is 0 Å². The molecule has 0 N–H and O–H groups in total. The highest BCUT2D eigenvalue weighted by Crippen LogP contribution is 2.10. The van der Waals surface area contributed by atoms with Gasteiger partial charge in [0.05, 0.1) is 6.26 Å². The second-order valence-electron chi connectivity index (χ2n) is 2.58. The number of hydrogen-bond acceptors (Lipinski definition) is 1. The molecule has 0 bridgehead atoms. The van der Waals surface area contributed by atoms with Crippen LogP contribution in [0.15, 0.2) is 42.7 Å². The molecule has 0 saturated carbocycles. The van der Waals surface area contributed by atoms with Gasteiger partial charge in [0, 0.05) is 18.2 Å². The number of hydrogen-bond donors (Lipinski definition) is 0. The van der Waals surface area contributed by atoms with Crippen molar-refractivity contribution in [2.75, 3.05) is 6.73 Å². The lowest BCUT2D eigenvalue weighted by molar-refractivity contribution is -0.482. The SMILES string of the molecule is C1=COC[N+](c2ccccc2)=C1.CC. The third kappa shape index (κ3) is 2.73. The molecule has 1 aliphatic rings. The molecule has 0 fully saturated rings. The van der Waals surface area contributed by atoms with Gasteiger partial charge in [-0.15, -0.1) is 0 Å². The van der Waals surface area contributed by atoms with Gasteiger partial charge in [-0.25, -0.2) is 0 Å². The zero-order valence-electron chi connectivity index (χ0n) is 8.68. The van der Waals surface area contributed by atoms with Crippen LogP contribution in [0.25, 0.3) is 0 Å². The number of para-hydroxylation sites is 1. The number of nitrogens with zero attached hydrogens (tertiary/aromatic N) is 1. The normalized spacial score (nSPS) is 13.4. The first kappa shape index (κ1) is 10.5. The summed E-state index contributed by atoms with van der Waals surface area (Å²) in [6.45, 7) is 4.60. The van der Waals surface area contributed by atoms with Crippen molar-refractivity contribution >= 4 is 11.9 Å². The Balaban J connectivity index is 0.000000461. The summed E-state index contributed by atoms with van der Waals surface area (Å²) < 4.78 is 7.19. The Kier molecular flexibility index (Phi) is 4.48. The highest BCUT2D eigenvalue weighted by atomic mass is 16.5. The fourth-order valence-electron chi connectivity index (χ4n) is 1.14. The standard InChI is InChI=1S/C10H10NO.C2H6/c1-2-5-10(6-3-1)11-7-4-8-12-9-11;1-2/h1-8H,9H2;1-2H3/q+1;. The summed E-state index contributed by atoms with van der Waals surface area (Å²) in [5, 5.41) is 0. The summed E-state index contributed by atoms with van der Waals surface area (Å²) in [5.74, 6) is 0. The molecule has 2 rings (SSSR count). The van der Waals surface area contributed by atoms with E-state index in [0.29, 0.717) is 6.73 Å². The molecule has 2 heteroatoms. The van der Waals surface area contributed by atoms with Crippen LogP contribution in [0.2, 0.25) is 0 Å². The van der Waals surface area contributed by atoms with Gasteiger partial charge in [0.25, 0.3) is 6.73 Å². The molecule has 0 atom stereocenters. The second-order valence-corrected chi connectivity index (χ2v) is 2.58. The maximum atomic E-state index is 5.15. The predicted octanol–water partition coefficient (Wildman–Crippen LogP) is 2.93. The lowest BCUT2D eigenvalue weighted by Gasteiger charge is -2.03. The summed E-state index contributed by atoms with van der Waals surface area (Å²) in [6.07, 6.45) is 5.58. The van der Waals surface area contributed by atoms with E-state index in [2.05, 4.69) is 12.1 Å². The van der Waals surface area contributed by atoms with Crippen LogP contribution < -0.4 is 0 Å². The molecular weight excluding hydrogens is 174 g/mol. The first-order valence-corrected chi connectivity index (χ1v) is 4.90. The maximum Gasteiger partial charge on any atom is 0.291 e. The molecular formula is C12H16NO+. The van der Waals surface area contributed by atoms with Crippen LogP contribution in [-0.2, 0) is 4.74 Å². The van der Waals surface area contributed by atoms with E-state index >= 15 is 0 Å². The van der Waals surface area contributed by atoms with Crippen molar-refractivity contribution in [1.29, 1.82) is 0 Å². The van der Waals surface area contributed by atoms with Gasteiger partial charge in [0.2, 0.25) is 5.69 Å². The zero-order valence-corrected chi connectivity index (χ0v) is 8.68. The van der Waals surface area contributed by atoms with Gasteiger partial charge < -0.3 is 4.74 Å². The third-order valence-electron chi connectivity index (χ3n) is 1.74. The van der Waals surface area contributed by atoms with E-state index in [1.54, 1.807) is 6.26 Å². The predicted molar refractivity (Wildman–Crippen MR) is 58.9 cm³/mol. The Morgan fingerprint density at radius 1 is 1.14 bits per heavy atom. The molecule has 14 heavy (non-hydrogen) atoms. The fourth-order valence-corrected chi connectivity index (χ4v) is 1.14. The van der Waals surface area contributed by atoms with Gasteiger partial charge in [-0.2, -0.15) is 4.58 Å². The first-order valence-electron chi connectivity index (χ1n) is 4.90. The van der Waals surface area contributed by atoms with Crippen LogP contribution in [0.1, 0.15) is 13.8 Å². The molecule has 0 spiro atoms. The summed E-state index contributed by atoms with van der Waals surface area (Å²) >= 11 is 0. The molecule has 1 aromatic carbocycles. The van der Waals surface area contributed by atoms with Crippen molar-refractivity contribution in [2.24, 2.45) is 0 Å². The lowest BCUT2D eigenvalue weighted by Crippen LogP contribution is -2.12. The van der Waals surface area contributed by atoms with Gasteiger partial charge in [-0.05, 0) is 0 Å². The van der Waals surface area contributed by atoms with Gasteiger partial charge in [-0.1, -0.05) is 32.0 Å². The van der Waals surface area contributed by atoms with Crippen molar-refractivity contribution in [3.05, 3.63) is 42.7 Å². The minimum atomic E-state index is 0.598. The van der Waals surface area contributed by atoms with E-state index in [0.717, 1.165) is 5.69 Å². The largest absolute Gasteiger partial charge is 0.443 e. The highest BCUT2D eigenvalue weighted by Gasteiger charge is 2.08. The molecule has 0 saturated heterocycles. The summed E-state index contributed by atoms with van der Waals surface area (Å²) in [5.41, 5.74) is 1.15. The van der Waals surface area contributed by atoms with E-state index < -0.39 is 0 Å². The van der Waals surface area contributed by atoms with Crippen LogP contribution in [0.4, 0.5) is 5.69 Å². The maximum absolute atomic E-state index is 5.15. The second kappa shape index (κ2) is 5.97. The minimum Gasteiger partial charge on any atom is -0.443 e. The van der Waals surface area contributed by atoms with Crippen LogP contribution in [0, 0.1) is 0 Å². The molecule has 1 aromatic rings. The van der Waals surface area contributed by atoms with Crippen molar-refractivity contribution in [1.82, 2.24) is 0 Å². The van der Waals surface area contributed by atoms with Crippen LogP contribution in [0.5, 0.6) is 0 Å². The van der Waals surface area contributed by atoms with E-state index in [9.17, 15) is 0 Å². The quantitative estimate of drug-likeness (QED) is 0.620. The van der Waals surface area contributed by atoms with Gasteiger partial charge in [0.15, 0.2) is 6.21 Å². The summed E-state index contributed by atoms with van der Waals surface area (Å²) in [6, 6.07) is 10.1. The minimum absolute atomic E-state index is 0.598. The monoisotopic (exact) mass is 190 g/mol. The van der Waals surface area contributed by atoms with E-state index in [4.69, 9.17) is 4.74 Å². The zero-order chi connectivity index (χ0) is 10.2. The molecule has 74 valence electrons. The molecule has 2 nitrogen and oxygen atoms in total. The summed E-state index contributed by atoms with van der Waals surface area (Å²) in [4.78, 5) is 0. The molecule has 0 aromatic heterocycles. The average Bonchev–Trinajstić information content (AvgIpc) is 2.34. The Labute approximate surface area is 85.2 Å². The molecule has 0 amide bonds. The van der Waals surface area contributed by atoms with Gasteiger partial charge in [0.1, 0.15) is 0 Å². The van der Waals surface area contributed by atoms with Crippen LogP contribution in [0.3, 0.4) is 0 Å². The molecule has 0 radical (unpaired) electrons. The Morgan fingerprint density at radius 2 is 1.86 bits per heavy atom. The number of rotatable bonds is 1. The lowest BCUT2D eigenvalue weighted by atomic mass is 10.3.